The molecule has 0 atom stereocenters. The molecule has 192 valence electrons. The van der Waals surface area contributed by atoms with E-state index >= 15 is 0 Å². The molecule has 13 heteroatoms. The number of amides is 1. The molecule has 1 aliphatic carbocycles. The molecule has 2 aromatic heterocycles. The van der Waals surface area contributed by atoms with Crippen LogP contribution in [0, 0.1) is 5.41 Å². The molecule has 2 N–H and O–H groups in total. The van der Waals surface area contributed by atoms with Crippen molar-refractivity contribution in [3.8, 4) is 0 Å². The molecule has 2 aliphatic rings. The number of carbonyl (C=O) groups is 1. The van der Waals surface area contributed by atoms with Crippen LogP contribution in [0.25, 0.3) is 10.2 Å². The van der Waals surface area contributed by atoms with Crippen LogP contribution in [-0.4, -0.2) is 55.9 Å². The number of rotatable bonds is 6. The van der Waals surface area contributed by atoms with E-state index in [1.807, 2.05) is 0 Å². The molecule has 36 heavy (non-hydrogen) atoms. The van der Waals surface area contributed by atoms with Crippen LogP contribution in [0.15, 0.2) is 36.7 Å². The van der Waals surface area contributed by atoms with Crippen molar-refractivity contribution in [3.05, 3.63) is 47.1 Å². The predicted molar refractivity (Wildman–Crippen MR) is 132 cm³/mol. The molecule has 0 unspecified atom stereocenters. The molecule has 3 aromatic rings. The highest BCUT2D eigenvalue weighted by Crippen LogP contribution is 2.49. The summed E-state index contributed by atoms with van der Waals surface area (Å²) in [6, 6.07) is 7.80. The molecule has 0 bridgehead atoms. The number of carbonyl (C=O) groups excluding carboxylic acids is 1. The number of aromatic nitrogens is 2. The Bertz CT molecular complexity index is 1400. The van der Waals surface area contributed by atoms with Crippen LogP contribution < -0.4 is 14.9 Å². The number of halogens is 3. The number of sulfonamides is 1. The number of fused-ring (bicyclic) bond motifs is 1. The minimum atomic E-state index is -4.27. The third-order valence-corrected chi connectivity index (χ3v) is 8.27. The van der Waals surface area contributed by atoms with E-state index in [4.69, 9.17) is 0 Å². The minimum absolute atomic E-state index is 0.0243. The van der Waals surface area contributed by atoms with Gasteiger partial charge in [-0.3, -0.25) is 9.52 Å². The van der Waals surface area contributed by atoms with E-state index in [0.717, 1.165) is 49.9 Å². The van der Waals surface area contributed by atoms with E-state index < -0.39 is 22.6 Å². The summed E-state index contributed by atoms with van der Waals surface area (Å²) in [5.41, 5.74) is 0.861. The highest BCUT2D eigenvalue weighted by atomic mass is 32.2. The molecule has 0 radical (unpaired) electrons. The van der Waals surface area contributed by atoms with Crippen molar-refractivity contribution in [2.24, 2.45) is 5.41 Å². The van der Waals surface area contributed by atoms with Crippen molar-refractivity contribution in [1.82, 2.24) is 15.3 Å². The van der Waals surface area contributed by atoms with Gasteiger partial charge < -0.3 is 10.2 Å². The molecule has 2 fully saturated rings. The van der Waals surface area contributed by atoms with Crippen LogP contribution in [0.4, 0.5) is 24.7 Å². The molecule has 8 nitrogen and oxygen atoms in total. The summed E-state index contributed by atoms with van der Waals surface area (Å²) in [7, 11) is -3.39. The topological polar surface area (TPSA) is 104 Å². The van der Waals surface area contributed by atoms with Gasteiger partial charge in [0.25, 0.3) is 5.91 Å². The zero-order chi connectivity index (χ0) is 25.7. The van der Waals surface area contributed by atoms with Gasteiger partial charge in [0.2, 0.25) is 10.0 Å². The van der Waals surface area contributed by atoms with Gasteiger partial charge in [-0.05, 0) is 55.0 Å². The Morgan fingerprint density at radius 2 is 1.94 bits per heavy atom. The number of anilines is 2. The van der Waals surface area contributed by atoms with E-state index in [-0.39, 0.29) is 22.2 Å². The van der Waals surface area contributed by atoms with Crippen molar-refractivity contribution in [2.45, 2.75) is 37.9 Å². The first kappa shape index (κ1) is 24.8. The van der Waals surface area contributed by atoms with Crippen molar-refractivity contribution in [3.63, 3.8) is 0 Å². The van der Waals surface area contributed by atoms with Crippen LogP contribution >= 0.6 is 11.3 Å². The first-order valence-corrected chi connectivity index (χ1v) is 14.0. The maximum atomic E-state index is 12.8. The number of thiophene rings is 1. The molecule has 1 aliphatic heterocycles. The van der Waals surface area contributed by atoms with Crippen molar-refractivity contribution >= 4 is 49.0 Å². The third-order valence-electron chi connectivity index (χ3n) is 6.62. The lowest BCUT2D eigenvalue weighted by atomic mass is 9.65. The largest absolute Gasteiger partial charge is 0.393 e. The number of nitrogens with zero attached hydrogens (tertiary/aromatic N) is 3. The normalized spacial score (nSPS) is 22.1. The Labute approximate surface area is 210 Å². The second-order valence-corrected chi connectivity index (χ2v) is 12.5. The lowest BCUT2D eigenvalue weighted by Crippen LogP contribution is -2.52. The molecule has 1 spiro atoms. The minimum Gasteiger partial charge on any atom is -0.355 e. The summed E-state index contributed by atoms with van der Waals surface area (Å²) in [4.78, 5) is 24.1. The van der Waals surface area contributed by atoms with Crippen molar-refractivity contribution in [2.75, 3.05) is 29.0 Å². The van der Waals surface area contributed by atoms with Gasteiger partial charge in [0.05, 0.1) is 18.1 Å². The van der Waals surface area contributed by atoms with Gasteiger partial charge in [-0.25, -0.2) is 18.4 Å². The zero-order valence-electron chi connectivity index (χ0n) is 19.3. The lowest BCUT2D eigenvalue weighted by Gasteiger charge is -2.45. The second kappa shape index (κ2) is 8.87. The third kappa shape index (κ3) is 5.41. The van der Waals surface area contributed by atoms with Gasteiger partial charge in [-0.15, -0.1) is 11.3 Å². The smallest absolute Gasteiger partial charge is 0.355 e. The number of alkyl halides is 3. The Hall–Kier alpha value is -2.93. The SMILES string of the molecule is CS(=O)(=O)Nc1ccc(C(=O)NC2CC3(CCN(c4ncnc5sc(CC(F)(F)F)cc45)C3)C2)cc1. The van der Waals surface area contributed by atoms with Crippen LogP contribution in [0.1, 0.15) is 34.5 Å². The Kier molecular flexibility index (Phi) is 6.10. The van der Waals surface area contributed by atoms with Gasteiger partial charge >= 0.3 is 6.18 Å². The molecule has 1 saturated heterocycles. The van der Waals surface area contributed by atoms with Crippen LogP contribution in [0.3, 0.4) is 0 Å². The standard InChI is InChI=1S/C23H24F3N5O3S2/c1-36(33,34)30-15-4-2-14(3-5-15)20(32)29-16-9-22(10-16)6-7-31(12-22)19-18-8-17(11-23(24,25)26)35-21(18)28-13-27-19/h2-5,8,13,16,30H,6-7,9-12H2,1H3,(H,29,32). The Morgan fingerprint density at radius 3 is 2.61 bits per heavy atom. The van der Waals surface area contributed by atoms with E-state index in [9.17, 15) is 26.4 Å². The fourth-order valence-electron chi connectivity index (χ4n) is 5.14. The number of hydrogen-bond donors (Lipinski definition) is 2. The monoisotopic (exact) mass is 539 g/mol. The average molecular weight is 540 g/mol. The van der Waals surface area contributed by atoms with E-state index in [2.05, 4.69) is 24.9 Å². The van der Waals surface area contributed by atoms with Crippen LogP contribution in [-0.2, 0) is 16.4 Å². The summed E-state index contributed by atoms with van der Waals surface area (Å²) in [5, 5.41) is 3.68. The summed E-state index contributed by atoms with van der Waals surface area (Å²) >= 11 is 1.05. The maximum Gasteiger partial charge on any atom is 0.393 e. The summed E-state index contributed by atoms with van der Waals surface area (Å²) < 4.78 is 63.5. The number of hydrogen-bond acceptors (Lipinski definition) is 7. The van der Waals surface area contributed by atoms with Gasteiger partial charge in [0.1, 0.15) is 17.0 Å². The molecule has 1 amide bonds. The summed E-state index contributed by atoms with van der Waals surface area (Å²) in [6.45, 7) is 1.47. The second-order valence-electron chi connectivity index (χ2n) is 9.62. The molecule has 1 aromatic carbocycles. The predicted octanol–water partition coefficient (Wildman–Crippen LogP) is 3.96. The lowest BCUT2D eigenvalue weighted by molar-refractivity contribution is -0.126. The number of benzene rings is 1. The van der Waals surface area contributed by atoms with E-state index in [1.54, 1.807) is 30.3 Å². The molecular weight excluding hydrogens is 515 g/mol. The molecule has 3 heterocycles. The van der Waals surface area contributed by atoms with Crippen molar-refractivity contribution in [1.29, 1.82) is 0 Å². The van der Waals surface area contributed by atoms with Gasteiger partial charge in [-0.2, -0.15) is 13.2 Å². The number of nitrogens with one attached hydrogen (secondary N) is 2. The quantitative estimate of drug-likeness (QED) is 0.492. The molecular formula is C23H24F3N5O3S2. The van der Waals surface area contributed by atoms with Crippen molar-refractivity contribution < 1.29 is 26.4 Å². The Morgan fingerprint density at radius 1 is 1.22 bits per heavy atom. The Balaban J connectivity index is 1.19. The first-order chi connectivity index (χ1) is 16.9. The average Bonchev–Trinajstić information content (AvgIpc) is 3.35. The first-order valence-electron chi connectivity index (χ1n) is 11.3. The van der Waals surface area contributed by atoms with Gasteiger partial charge in [0, 0.05) is 35.3 Å². The fraction of sp³-hybridized carbons (Fsp3) is 0.435. The highest BCUT2D eigenvalue weighted by Gasteiger charge is 2.49. The van der Waals surface area contributed by atoms with Crippen LogP contribution in [0.2, 0.25) is 0 Å². The molecule has 1 saturated carbocycles. The summed E-state index contributed by atoms with van der Waals surface area (Å²) in [5.74, 6) is 0.445. The van der Waals surface area contributed by atoms with E-state index in [0.29, 0.717) is 27.3 Å². The van der Waals surface area contributed by atoms with Crippen LogP contribution in [0.5, 0.6) is 0 Å². The zero-order valence-corrected chi connectivity index (χ0v) is 20.9. The van der Waals surface area contributed by atoms with E-state index in [1.165, 1.54) is 6.33 Å². The highest BCUT2D eigenvalue weighted by molar-refractivity contribution is 7.92. The van der Waals surface area contributed by atoms with Gasteiger partial charge in [0.15, 0.2) is 0 Å². The van der Waals surface area contributed by atoms with Gasteiger partial charge in [-0.1, -0.05) is 0 Å². The maximum absolute atomic E-state index is 12.8. The summed E-state index contributed by atoms with van der Waals surface area (Å²) in [6.07, 6.45) is -0.265. The fourth-order valence-corrected chi connectivity index (χ4v) is 6.72. The molecule has 5 rings (SSSR count).